The molecule has 0 N–H and O–H groups in total. The Bertz CT molecular complexity index is 218. The molecule has 1 unspecified atom stereocenters. The maximum atomic E-state index is 11.1. The summed E-state index contributed by atoms with van der Waals surface area (Å²) in [7, 11) is 0. The first kappa shape index (κ1) is 9.30. The van der Waals surface area contributed by atoms with Crippen LogP contribution in [0, 0.1) is 0 Å². The number of hydrogen-bond acceptors (Lipinski definition) is 2. The number of esters is 1. The van der Waals surface area contributed by atoms with Crippen molar-refractivity contribution in [2.45, 2.75) is 45.6 Å². The van der Waals surface area contributed by atoms with Gasteiger partial charge in [0.2, 0.25) is 0 Å². The van der Waals surface area contributed by atoms with Gasteiger partial charge in [-0.2, -0.15) is 0 Å². The Morgan fingerprint density at radius 3 is 2.67 bits per heavy atom. The Hall–Kier alpha value is -0.790. The second-order valence-corrected chi connectivity index (χ2v) is 3.63. The van der Waals surface area contributed by atoms with Crippen LogP contribution in [-0.2, 0) is 9.53 Å². The van der Waals surface area contributed by atoms with Gasteiger partial charge < -0.3 is 4.74 Å². The summed E-state index contributed by atoms with van der Waals surface area (Å²) in [6.07, 6.45) is 5.12. The van der Waals surface area contributed by atoms with Crippen molar-refractivity contribution in [1.29, 1.82) is 0 Å². The highest BCUT2D eigenvalue weighted by atomic mass is 16.6. The van der Waals surface area contributed by atoms with E-state index in [0.717, 1.165) is 24.8 Å². The van der Waals surface area contributed by atoms with Crippen LogP contribution >= 0.6 is 0 Å². The van der Waals surface area contributed by atoms with Crippen LogP contribution in [0.25, 0.3) is 0 Å². The summed E-state index contributed by atoms with van der Waals surface area (Å²) in [6, 6.07) is 0. The van der Waals surface area contributed by atoms with E-state index in [-0.39, 0.29) is 11.6 Å². The zero-order valence-electron chi connectivity index (χ0n) is 8.02. The van der Waals surface area contributed by atoms with Crippen LogP contribution < -0.4 is 0 Å². The van der Waals surface area contributed by atoms with Gasteiger partial charge in [0, 0.05) is 5.57 Å². The molecular formula is C10H16O2. The van der Waals surface area contributed by atoms with Gasteiger partial charge in [-0.1, -0.05) is 13.3 Å². The lowest BCUT2D eigenvalue weighted by Crippen LogP contribution is -2.23. The van der Waals surface area contributed by atoms with Crippen LogP contribution in [0.5, 0.6) is 0 Å². The summed E-state index contributed by atoms with van der Waals surface area (Å²) >= 11 is 0. The molecule has 1 aliphatic rings. The van der Waals surface area contributed by atoms with Crippen LogP contribution in [0.2, 0.25) is 0 Å². The van der Waals surface area contributed by atoms with Crippen LogP contribution in [0.4, 0.5) is 0 Å². The fourth-order valence-corrected chi connectivity index (χ4v) is 1.49. The summed E-state index contributed by atoms with van der Waals surface area (Å²) in [5.74, 6) is -0.159. The Kier molecular flexibility index (Phi) is 2.55. The topological polar surface area (TPSA) is 26.3 Å². The smallest absolute Gasteiger partial charge is 0.334 e. The first-order chi connectivity index (χ1) is 5.57. The molecule has 0 saturated heterocycles. The van der Waals surface area contributed by atoms with E-state index >= 15 is 0 Å². The largest absolute Gasteiger partial charge is 0.452 e. The monoisotopic (exact) mass is 168 g/mol. The Morgan fingerprint density at radius 2 is 2.25 bits per heavy atom. The molecule has 1 atom stereocenters. The van der Waals surface area contributed by atoms with Gasteiger partial charge >= 0.3 is 5.97 Å². The highest BCUT2D eigenvalue weighted by Gasteiger charge is 2.32. The van der Waals surface area contributed by atoms with Crippen molar-refractivity contribution in [2.24, 2.45) is 0 Å². The SMILES string of the molecule is CCCCC1(C)C=C(C)C(=O)O1. The van der Waals surface area contributed by atoms with Gasteiger partial charge in [0.25, 0.3) is 0 Å². The normalized spacial score (nSPS) is 28.6. The first-order valence-corrected chi connectivity index (χ1v) is 4.50. The number of cyclic esters (lactones) is 1. The molecule has 0 aliphatic carbocycles. The minimum absolute atomic E-state index is 0.159. The van der Waals surface area contributed by atoms with Gasteiger partial charge in [0.1, 0.15) is 5.60 Å². The third-order valence-corrected chi connectivity index (χ3v) is 2.20. The molecule has 0 spiro atoms. The van der Waals surface area contributed by atoms with E-state index in [2.05, 4.69) is 6.92 Å². The van der Waals surface area contributed by atoms with Crippen molar-refractivity contribution in [2.75, 3.05) is 0 Å². The van der Waals surface area contributed by atoms with Crippen molar-refractivity contribution in [3.05, 3.63) is 11.6 Å². The summed E-state index contributed by atoms with van der Waals surface area (Å²) < 4.78 is 5.23. The molecule has 1 heterocycles. The summed E-state index contributed by atoms with van der Waals surface area (Å²) in [5, 5.41) is 0. The number of hydrogen-bond donors (Lipinski definition) is 0. The lowest BCUT2D eigenvalue weighted by atomic mass is 9.98. The Balaban J connectivity index is 2.58. The van der Waals surface area contributed by atoms with Crippen molar-refractivity contribution >= 4 is 5.97 Å². The van der Waals surface area contributed by atoms with Crippen molar-refractivity contribution < 1.29 is 9.53 Å². The van der Waals surface area contributed by atoms with Gasteiger partial charge in [-0.15, -0.1) is 0 Å². The lowest BCUT2D eigenvalue weighted by molar-refractivity contribution is -0.145. The zero-order chi connectivity index (χ0) is 9.19. The molecule has 2 nitrogen and oxygen atoms in total. The average Bonchev–Trinajstić information content (AvgIpc) is 2.24. The number of carbonyl (C=O) groups excluding carboxylic acids is 1. The van der Waals surface area contributed by atoms with Crippen LogP contribution in [-0.4, -0.2) is 11.6 Å². The van der Waals surface area contributed by atoms with E-state index < -0.39 is 0 Å². The highest BCUT2D eigenvalue weighted by molar-refractivity contribution is 5.90. The van der Waals surface area contributed by atoms with Crippen LogP contribution in [0.1, 0.15) is 40.0 Å². The number of ether oxygens (including phenoxy) is 1. The minimum Gasteiger partial charge on any atom is -0.452 e. The van der Waals surface area contributed by atoms with E-state index in [9.17, 15) is 4.79 Å². The van der Waals surface area contributed by atoms with E-state index in [0.29, 0.717) is 0 Å². The van der Waals surface area contributed by atoms with E-state index in [4.69, 9.17) is 4.74 Å². The van der Waals surface area contributed by atoms with Crippen LogP contribution in [0.15, 0.2) is 11.6 Å². The second kappa shape index (κ2) is 3.30. The maximum absolute atomic E-state index is 11.1. The summed E-state index contributed by atoms with van der Waals surface area (Å²) in [4.78, 5) is 11.1. The summed E-state index contributed by atoms with van der Waals surface area (Å²) in [6.45, 7) is 5.91. The Morgan fingerprint density at radius 1 is 1.58 bits per heavy atom. The molecule has 0 aromatic heterocycles. The van der Waals surface area contributed by atoms with E-state index in [1.807, 2.05) is 13.0 Å². The molecule has 0 amide bonds. The van der Waals surface area contributed by atoms with E-state index in [1.165, 1.54) is 0 Å². The quantitative estimate of drug-likeness (QED) is 0.605. The molecule has 0 bridgehead atoms. The number of unbranched alkanes of at least 4 members (excludes halogenated alkanes) is 1. The van der Waals surface area contributed by atoms with Crippen LogP contribution in [0.3, 0.4) is 0 Å². The van der Waals surface area contributed by atoms with Gasteiger partial charge in [-0.25, -0.2) is 4.79 Å². The molecule has 12 heavy (non-hydrogen) atoms. The standard InChI is InChI=1S/C10H16O2/c1-4-5-6-10(3)7-8(2)9(11)12-10/h7H,4-6H2,1-3H3. The maximum Gasteiger partial charge on any atom is 0.334 e. The first-order valence-electron chi connectivity index (χ1n) is 4.50. The zero-order valence-corrected chi connectivity index (χ0v) is 8.02. The molecule has 0 radical (unpaired) electrons. The minimum atomic E-state index is -0.322. The van der Waals surface area contributed by atoms with Gasteiger partial charge in [0.15, 0.2) is 0 Å². The average molecular weight is 168 g/mol. The molecule has 0 fully saturated rings. The summed E-state index contributed by atoms with van der Waals surface area (Å²) in [5.41, 5.74) is 0.422. The predicted octanol–water partition coefficient (Wildman–Crippen LogP) is 2.44. The number of rotatable bonds is 3. The van der Waals surface area contributed by atoms with Gasteiger partial charge in [0.05, 0.1) is 0 Å². The fraction of sp³-hybridized carbons (Fsp3) is 0.700. The molecule has 0 aromatic rings. The lowest BCUT2D eigenvalue weighted by Gasteiger charge is -2.20. The molecule has 1 rings (SSSR count). The van der Waals surface area contributed by atoms with Gasteiger partial charge in [-0.05, 0) is 32.8 Å². The molecule has 2 heteroatoms. The third kappa shape index (κ3) is 1.87. The molecule has 0 saturated carbocycles. The van der Waals surface area contributed by atoms with E-state index in [1.54, 1.807) is 6.92 Å². The molecular weight excluding hydrogens is 152 g/mol. The molecule has 0 aromatic carbocycles. The number of carbonyl (C=O) groups is 1. The predicted molar refractivity (Wildman–Crippen MR) is 47.8 cm³/mol. The van der Waals surface area contributed by atoms with Gasteiger partial charge in [-0.3, -0.25) is 0 Å². The molecule has 1 aliphatic heterocycles. The van der Waals surface area contributed by atoms with Crippen molar-refractivity contribution in [3.63, 3.8) is 0 Å². The second-order valence-electron chi connectivity index (χ2n) is 3.63. The molecule has 68 valence electrons. The fourth-order valence-electron chi connectivity index (χ4n) is 1.49. The highest BCUT2D eigenvalue weighted by Crippen LogP contribution is 2.28. The van der Waals surface area contributed by atoms with Crippen molar-refractivity contribution in [3.8, 4) is 0 Å². The van der Waals surface area contributed by atoms with Crippen molar-refractivity contribution in [1.82, 2.24) is 0 Å². The third-order valence-electron chi connectivity index (χ3n) is 2.20. The Labute approximate surface area is 73.6 Å².